The van der Waals surface area contributed by atoms with Crippen LogP contribution < -0.4 is 10.2 Å². The lowest BCUT2D eigenvalue weighted by atomic mass is 10.1. The number of aromatic amines is 1. The van der Waals surface area contributed by atoms with Crippen LogP contribution in [0.25, 0.3) is 0 Å². The van der Waals surface area contributed by atoms with Crippen LogP contribution >= 0.6 is 11.3 Å². The molecule has 3 aromatic rings. The van der Waals surface area contributed by atoms with Crippen LogP contribution in [-0.2, 0) is 22.4 Å². The van der Waals surface area contributed by atoms with Crippen molar-refractivity contribution < 1.29 is 9.59 Å². The Bertz CT molecular complexity index is 941. The van der Waals surface area contributed by atoms with Gasteiger partial charge in [0, 0.05) is 44.7 Å². The van der Waals surface area contributed by atoms with Crippen molar-refractivity contribution in [2.75, 3.05) is 18.0 Å². The molecule has 9 heteroatoms. The maximum absolute atomic E-state index is 12.4. The predicted octanol–water partition coefficient (Wildman–Crippen LogP) is 1.56. The second kappa shape index (κ2) is 8.30. The second-order valence-electron chi connectivity index (χ2n) is 6.62. The molecule has 1 atom stereocenters. The first-order valence-electron chi connectivity index (χ1n) is 9.11. The van der Waals surface area contributed by atoms with E-state index in [1.54, 1.807) is 17.3 Å². The van der Waals surface area contributed by atoms with E-state index < -0.39 is 0 Å². The van der Waals surface area contributed by atoms with Gasteiger partial charge >= 0.3 is 0 Å². The van der Waals surface area contributed by atoms with Gasteiger partial charge in [0.1, 0.15) is 10.8 Å². The van der Waals surface area contributed by atoms with Gasteiger partial charge in [0.15, 0.2) is 0 Å². The molecule has 144 valence electrons. The Labute approximate surface area is 166 Å². The zero-order chi connectivity index (χ0) is 19.3. The van der Waals surface area contributed by atoms with Gasteiger partial charge in [-0.15, -0.1) is 10.2 Å². The Morgan fingerprint density at radius 3 is 2.93 bits per heavy atom. The maximum atomic E-state index is 12.4. The Morgan fingerprint density at radius 1 is 1.29 bits per heavy atom. The van der Waals surface area contributed by atoms with E-state index in [1.165, 1.54) is 11.3 Å². The molecule has 1 aliphatic rings. The van der Waals surface area contributed by atoms with Gasteiger partial charge in [-0.05, 0) is 5.56 Å². The Kier molecular flexibility index (Phi) is 5.43. The van der Waals surface area contributed by atoms with Crippen LogP contribution in [0, 0.1) is 5.92 Å². The minimum absolute atomic E-state index is 0.0893. The van der Waals surface area contributed by atoms with Crippen molar-refractivity contribution in [3.05, 3.63) is 59.1 Å². The molecule has 1 saturated heterocycles. The number of amides is 2. The SMILES string of the molecule is O=C(NCCc1ncc[nH]1)C1CC(=O)N(c2nnc(Cc3ccccc3)s2)C1. The van der Waals surface area contributed by atoms with Crippen molar-refractivity contribution in [1.29, 1.82) is 0 Å². The summed E-state index contributed by atoms with van der Waals surface area (Å²) in [5.74, 6) is 0.250. The van der Waals surface area contributed by atoms with Crippen molar-refractivity contribution >= 4 is 28.3 Å². The summed E-state index contributed by atoms with van der Waals surface area (Å²) < 4.78 is 0. The Hall–Kier alpha value is -3.07. The lowest BCUT2D eigenvalue weighted by Gasteiger charge is -2.12. The number of hydrogen-bond donors (Lipinski definition) is 2. The van der Waals surface area contributed by atoms with Gasteiger partial charge in [0.05, 0.1) is 5.92 Å². The van der Waals surface area contributed by atoms with Crippen LogP contribution in [0.4, 0.5) is 5.13 Å². The quantitative estimate of drug-likeness (QED) is 0.631. The number of carbonyl (C=O) groups excluding carboxylic acids is 2. The molecule has 1 unspecified atom stereocenters. The van der Waals surface area contributed by atoms with Gasteiger partial charge in [-0.25, -0.2) is 4.98 Å². The van der Waals surface area contributed by atoms with E-state index in [1.807, 2.05) is 30.3 Å². The van der Waals surface area contributed by atoms with Gasteiger partial charge in [-0.3, -0.25) is 14.5 Å². The number of H-pyrrole nitrogens is 1. The molecule has 1 fully saturated rings. The summed E-state index contributed by atoms with van der Waals surface area (Å²) in [5, 5.41) is 12.7. The second-order valence-corrected chi connectivity index (χ2v) is 7.66. The summed E-state index contributed by atoms with van der Waals surface area (Å²) in [7, 11) is 0. The fourth-order valence-electron chi connectivity index (χ4n) is 3.15. The van der Waals surface area contributed by atoms with Gasteiger partial charge < -0.3 is 10.3 Å². The molecule has 1 aliphatic heterocycles. The number of nitrogens with zero attached hydrogens (tertiary/aromatic N) is 4. The zero-order valence-corrected chi connectivity index (χ0v) is 16.0. The number of anilines is 1. The average molecular weight is 396 g/mol. The van der Waals surface area contributed by atoms with E-state index in [-0.39, 0.29) is 24.2 Å². The van der Waals surface area contributed by atoms with Crippen LogP contribution in [0.2, 0.25) is 0 Å². The number of rotatable bonds is 7. The monoisotopic (exact) mass is 396 g/mol. The summed E-state index contributed by atoms with van der Waals surface area (Å²) in [4.78, 5) is 33.5. The standard InChI is InChI=1S/C19H20N6O2S/c26-17-11-14(18(27)22-7-6-15-20-8-9-21-15)12-25(17)19-24-23-16(28-19)10-13-4-2-1-3-5-13/h1-5,8-9,14H,6-7,10-12H2,(H,20,21)(H,22,27). The molecule has 2 aromatic heterocycles. The number of benzene rings is 1. The third kappa shape index (κ3) is 4.25. The number of carbonyl (C=O) groups is 2. The summed E-state index contributed by atoms with van der Waals surface area (Å²) in [6.45, 7) is 0.822. The molecular formula is C19H20N6O2S. The molecule has 28 heavy (non-hydrogen) atoms. The van der Waals surface area contributed by atoms with E-state index >= 15 is 0 Å². The van der Waals surface area contributed by atoms with Gasteiger partial charge in [-0.2, -0.15) is 0 Å². The first kappa shape index (κ1) is 18.3. The molecule has 4 rings (SSSR count). The number of nitrogens with one attached hydrogen (secondary N) is 2. The predicted molar refractivity (Wildman–Crippen MR) is 105 cm³/mol. The van der Waals surface area contributed by atoms with Crippen molar-refractivity contribution in [1.82, 2.24) is 25.5 Å². The fourth-order valence-corrected chi connectivity index (χ4v) is 4.05. The molecule has 0 aliphatic carbocycles. The summed E-state index contributed by atoms with van der Waals surface area (Å²) >= 11 is 1.40. The fraction of sp³-hybridized carbons (Fsp3) is 0.316. The molecule has 2 N–H and O–H groups in total. The van der Waals surface area contributed by atoms with E-state index in [0.717, 1.165) is 16.4 Å². The molecule has 8 nitrogen and oxygen atoms in total. The third-order valence-corrected chi connectivity index (χ3v) is 5.54. The normalized spacial score (nSPS) is 16.5. The molecule has 3 heterocycles. The molecule has 0 spiro atoms. The topological polar surface area (TPSA) is 104 Å². The van der Waals surface area contributed by atoms with Crippen molar-refractivity contribution in [2.45, 2.75) is 19.3 Å². The smallest absolute Gasteiger partial charge is 0.229 e. The van der Waals surface area contributed by atoms with E-state index in [9.17, 15) is 9.59 Å². The number of imidazole rings is 1. The van der Waals surface area contributed by atoms with Gasteiger partial charge in [-0.1, -0.05) is 41.7 Å². The highest BCUT2D eigenvalue weighted by Gasteiger charge is 2.36. The molecular weight excluding hydrogens is 376 g/mol. The maximum Gasteiger partial charge on any atom is 0.229 e. The minimum Gasteiger partial charge on any atom is -0.355 e. The molecule has 0 bridgehead atoms. The van der Waals surface area contributed by atoms with Crippen LogP contribution in [-0.4, -0.2) is 45.1 Å². The molecule has 0 radical (unpaired) electrons. The highest BCUT2D eigenvalue weighted by Crippen LogP contribution is 2.28. The highest BCUT2D eigenvalue weighted by atomic mass is 32.1. The Balaban J connectivity index is 1.32. The largest absolute Gasteiger partial charge is 0.355 e. The summed E-state index contributed by atoms with van der Waals surface area (Å²) in [5.41, 5.74) is 1.15. The van der Waals surface area contributed by atoms with E-state index in [4.69, 9.17) is 0 Å². The summed E-state index contributed by atoms with van der Waals surface area (Å²) in [6, 6.07) is 10.0. The van der Waals surface area contributed by atoms with Crippen molar-refractivity contribution in [3.8, 4) is 0 Å². The van der Waals surface area contributed by atoms with E-state index in [0.29, 0.717) is 31.1 Å². The summed E-state index contributed by atoms with van der Waals surface area (Å²) in [6.07, 6.45) is 4.93. The van der Waals surface area contributed by atoms with Crippen molar-refractivity contribution in [3.63, 3.8) is 0 Å². The van der Waals surface area contributed by atoms with E-state index in [2.05, 4.69) is 25.5 Å². The van der Waals surface area contributed by atoms with Gasteiger partial charge in [0.25, 0.3) is 0 Å². The minimum atomic E-state index is -0.370. The molecule has 1 aromatic carbocycles. The Morgan fingerprint density at radius 2 is 2.14 bits per heavy atom. The third-order valence-electron chi connectivity index (χ3n) is 4.60. The number of aromatic nitrogens is 4. The first-order valence-corrected chi connectivity index (χ1v) is 9.93. The van der Waals surface area contributed by atoms with Crippen LogP contribution in [0.3, 0.4) is 0 Å². The van der Waals surface area contributed by atoms with Crippen LogP contribution in [0.5, 0.6) is 0 Å². The molecule has 2 amide bonds. The van der Waals surface area contributed by atoms with Crippen LogP contribution in [0.1, 0.15) is 22.8 Å². The number of hydrogen-bond acceptors (Lipinski definition) is 6. The average Bonchev–Trinajstić information content (AvgIpc) is 3.44. The van der Waals surface area contributed by atoms with Crippen LogP contribution in [0.15, 0.2) is 42.7 Å². The molecule has 0 saturated carbocycles. The lowest BCUT2D eigenvalue weighted by molar-refractivity contribution is -0.126. The zero-order valence-electron chi connectivity index (χ0n) is 15.2. The highest BCUT2D eigenvalue weighted by molar-refractivity contribution is 7.15. The van der Waals surface area contributed by atoms with Gasteiger partial charge in [0.2, 0.25) is 16.9 Å². The first-order chi connectivity index (χ1) is 13.7. The lowest BCUT2D eigenvalue weighted by Crippen LogP contribution is -2.34. The van der Waals surface area contributed by atoms with Crippen molar-refractivity contribution in [2.24, 2.45) is 5.92 Å².